The lowest BCUT2D eigenvalue weighted by atomic mass is 10.0. The number of rotatable bonds is 7. The average Bonchev–Trinajstić information content (AvgIpc) is 2.61. The molecule has 2 aromatic rings. The van der Waals surface area contributed by atoms with Crippen molar-refractivity contribution < 1.29 is 14.0 Å². The Kier molecular flexibility index (Phi) is 6.24. The second kappa shape index (κ2) is 8.39. The Bertz CT molecular complexity index is 693. The summed E-state index contributed by atoms with van der Waals surface area (Å²) in [5, 5.41) is 0. The zero-order valence-corrected chi connectivity index (χ0v) is 14.1. The van der Waals surface area contributed by atoms with E-state index < -0.39 is 0 Å². The first-order valence-corrected chi connectivity index (χ1v) is 8.10. The molecule has 0 spiro atoms. The number of hydrogen-bond donors (Lipinski definition) is 0. The third-order valence-electron chi connectivity index (χ3n) is 4.01. The number of hydrogen-bond acceptors (Lipinski definition) is 2. The number of Topliss-reactive ketones (excluding diaryl/α,β-unsaturated/α-hetero) is 1. The largest absolute Gasteiger partial charge is 0.341 e. The highest BCUT2D eigenvalue weighted by Crippen LogP contribution is 2.11. The molecule has 0 heterocycles. The highest BCUT2D eigenvalue weighted by molar-refractivity contribution is 5.97. The lowest BCUT2D eigenvalue weighted by Gasteiger charge is -2.17. The van der Waals surface area contributed by atoms with Crippen molar-refractivity contribution in [2.45, 2.75) is 32.7 Å². The van der Waals surface area contributed by atoms with Crippen LogP contribution in [-0.4, -0.2) is 23.6 Å². The van der Waals surface area contributed by atoms with E-state index in [1.165, 1.54) is 17.7 Å². The topological polar surface area (TPSA) is 37.4 Å². The number of aryl methyl sites for hydroxylation is 1. The van der Waals surface area contributed by atoms with E-state index >= 15 is 0 Å². The number of carbonyl (C=O) groups excluding carboxylic acids is 2. The molecule has 0 aromatic heterocycles. The van der Waals surface area contributed by atoms with E-state index in [2.05, 4.69) is 6.92 Å². The zero-order chi connectivity index (χ0) is 17.5. The predicted molar refractivity (Wildman–Crippen MR) is 92.3 cm³/mol. The number of amides is 1. The fourth-order valence-electron chi connectivity index (χ4n) is 2.43. The van der Waals surface area contributed by atoms with E-state index in [-0.39, 0.29) is 30.3 Å². The first-order chi connectivity index (χ1) is 11.5. The molecule has 0 saturated heterocycles. The summed E-state index contributed by atoms with van der Waals surface area (Å²) in [6.45, 7) is 2.46. The summed E-state index contributed by atoms with van der Waals surface area (Å²) in [4.78, 5) is 25.9. The predicted octanol–water partition coefficient (Wildman–Crippen LogP) is 4.01. The zero-order valence-electron chi connectivity index (χ0n) is 14.1. The van der Waals surface area contributed by atoms with Crippen LogP contribution in [-0.2, 0) is 17.8 Å². The van der Waals surface area contributed by atoms with Crippen LogP contribution in [0.4, 0.5) is 4.39 Å². The SMILES string of the molecule is CCc1ccc(C(=O)CCC(=O)N(C)Cc2ccc(F)cc2)cc1. The van der Waals surface area contributed by atoms with Gasteiger partial charge in [-0.05, 0) is 29.7 Å². The lowest BCUT2D eigenvalue weighted by Crippen LogP contribution is -2.26. The number of ketones is 1. The average molecular weight is 327 g/mol. The Morgan fingerprint density at radius 3 is 2.08 bits per heavy atom. The summed E-state index contributed by atoms with van der Waals surface area (Å²) in [7, 11) is 1.69. The van der Waals surface area contributed by atoms with Gasteiger partial charge in [-0.1, -0.05) is 43.3 Å². The van der Waals surface area contributed by atoms with Gasteiger partial charge in [0, 0.05) is 32.0 Å². The van der Waals surface area contributed by atoms with Crippen LogP contribution in [0.25, 0.3) is 0 Å². The lowest BCUT2D eigenvalue weighted by molar-refractivity contribution is -0.130. The van der Waals surface area contributed by atoms with Crippen LogP contribution in [0.15, 0.2) is 48.5 Å². The second-order valence-corrected chi connectivity index (χ2v) is 5.85. The van der Waals surface area contributed by atoms with Crippen molar-refractivity contribution in [1.82, 2.24) is 4.90 Å². The van der Waals surface area contributed by atoms with E-state index in [9.17, 15) is 14.0 Å². The first-order valence-electron chi connectivity index (χ1n) is 8.10. The fourth-order valence-corrected chi connectivity index (χ4v) is 2.43. The molecular weight excluding hydrogens is 305 g/mol. The van der Waals surface area contributed by atoms with Gasteiger partial charge in [0.2, 0.25) is 5.91 Å². The van der Waals surface area contributed by atoms with Crippen LogP contribution in [0.1, 0.15) is 41.3 Å². The van der Waals surface area contributed by atoms with Gasteiger partial charge in [-0.25, -0.2) is 4.39 Å². The molecule has 0 atom stereocenters. The summed E-state index contributed by atoms with van der Waals surface area (Å²) in [6.07, 6.45) is 1.30. The molecule has 3 nitrogen and oxygen atoms in total. The van der Waals surface area contributed by atoms with Gasteiger partial charge in [-0.3, -0.25) is 9.59 Å². The molecule has 4 heteroatoms. The van der Waals surface area contributed by atoms with Gasteiger partial charge >= 0.3 is 0 Å². The van der Waals surface area contributed by atoms with Gasteiger partial charge in [-0.2, -0.15) is 0 Å². The Hall–Kier alpha value is -2.49. The van der Waals surface area contributed by atoms with E-state index in [0.717, 1.165) is 12.0 Å². The number of nitrogens with zero attached hydrogens (tertiary/aromatic N) is 1. The molecule has 126 valence electrons. The van der Waals surface area contributed by atoms with Crippen LogP contribution in [0.2, 0.25) is 0 Å². The van der Waals surface area contributed by atoms with Crippen molar-refractivity contribution >= 4 is 11.7 Å². The van der Waals surface area contributed by atoms with Crippen LogP contribution in [0.3, 0.4) is 0 Å². The van der Waals surface area contributed by atoms with Gasteiger partial charge in [-0.15, -0.1) is 0 Å². The minimum Gasteiger partial charge on any atom is -0.341 e. The van der Waals surface area contributed by atoms with E-state index in [1.54, 1.807) is 24.1 Å². The van der Waals surface area contributed by atoms with E-state index in [1.807, 2.05) is 24.3 Å². The molecule has 0 aliphatic rings. The van der Waals surface area contributed by atoms with Gasteiger partial charge in [0.1, 0.15) is 5.82 Å². The summed E-state index contributed by atoms with van der Waals surface area (Å²) in [6, 6.07) is 13.6. The van der Waals surface area contributed by atoms with E-state index in [0.29, 0.717) is 12.1 Å². The fraction of sp³-hybridized carbons (Fsp3) is 0.300. The molecule has 0 radical (unpaired) electrons. The van der Waals surface area contributed by atoms with Crippen molar-refractivity contribution in [3.8, 4) is 0 Å². The minimum atomic E-state index is -0.299. The maximum atomic E-state index is 12.9. The van der Waals surface area contributed by atoms with Crippen LogP contribution in [0, 0.1) is 5.82 Å². The molecule has 0 aliphatic carbocycles. The molecule has 0 aliphatic heterocycles. The molecule has 0 fully saturated rings. The molecule has 0 bridgehead atoms. The number of halogens is 1. The highest BCUT2D eigenvalue weighted by Gasteiger charge is 2.13. The summed E-state index contributed by atoms with van der Waals surface area (Å²) in [5.41, 5.74) is 2.68. The number of carbonyl (C=O) groups is 2. The van der Waals surface area contributed by atoms with Crippen molar-refractivity contribution in [1.29, 1.82) is 0 Å². The van der Waals surface area contributed by atoms with E-state index in [4.69, 9.17) is 0 Å². The Morgan fingerprint density at radius 2 is 1.50 bits per heavy atom. The Balaban J connectivity index is 1.84. The van der Waals surface area contributed by atoms with Crippen LogP contribution < -0.4 is 0 Å². The van der Waals surface area contributed by atoms with Crippen LogP contribution in [0.5, 0.6) is 0 Å². The van der Waals surface area contributed by atoms with Gasteiger partial charge < -0.3 is 4.90 Å². The Labute approximate surface area is 142 Å². The minimum absolute atomic E-state index is 0.0267. The molecule has 1 amide bonds. The molecule has 0 saturated carbocycles. The highest BCUT2D eigenvalue weighted by atomic mass is 19.1. The molecule has 2 aromatic carbocycles. The maximum absolute atomic E-state index is 12.9. The van der Waals surface area contributed by atoms with Gasteiger partial charge in [0.25, 0.3) is 0 Å². The standard InChI is InChI=1S/C20H22FNO2/c1-3-15-4-8-17(9-5-15)19(23)12-13-20(24)22(2)14-16-6-10-18(21)11-7-16/h4-11H,3,12-14H2,1-2H3. The smallest absolute Gasteiger partial charge is 0.223 e. The maximum Gasteiger partial charge on any atom is 0.223 e. The van der Waals surface area contributed by atoms with Crippen molar-refractivity contribution in [3.63, 3.8) is 0 Å². The second-order valence-electron chi connectivity index (χ2n) is 5.85. The summed E-state index contributed by atoms with van der Waals surface area (Å²) in [5.74, 6) is -0.425. The normalized spacial score (nSPS) is 10.5. The monoisotopic (exact) mass is 327 g/mol. The molecule has 0 N–H and O–H groups in total. The molecule has 0 unspecified atom stereocenters. The first kappa shape index (κ1) is 17.9. The van der Waals surface area contributed by atoms with Crippen molar-refractivity contribution in [2.24, 2.45) is 0 Å². The molecular formula is C20H22FNO2. The molecule has 24 heavy (non-hydrogen) atoms. The summed E-state index contributed by atoms with van der Waals surface area (Å²) >= 11 is 0. The third kappa shape index (κ3) is 5.01. The van der Waals surface area contributed by atoms with Gasteiger partial charge in [0.15, 0.2) is 5.78 Å². The molecule has 2 rings (SSSR count). The third-order valence-corrected chi connectivity index (χ3v) is 4.01. The van der Waals surface area contributed by atoms with Crippen LogP contribution >= 0.6 is 0 Å². The van der Waals surface area contributed by atoms with Crippen molar-refractivity contribution in [3.05, 3.63) is 71.0 Å². The van der Waals surface area contributed by atoms with Crippen molar-refractivity contribution in [2.75, 3.05) is 7.05 Å². The van der Waals surface area contributed by atoms with Gasteiger partial charge in [0.05, 0.1) is 0 Å². The summed E-state index contributed by atoms with van der Waals surface area (Å²) < 4.78 is 12.9. The number of benzene rings is 2. The Morgan fingerprint density at radius 1 is 0.917 bits per heavy atom. The quantitative estimate of drug-likeness (QED) is 0.721.